The van der Waals surface area contributed by atoms with Crippen LogP contribution in [0.3, 0.4) is 0 Å². The minimum absolute atomic E-state index is 0.0486. The second-order valence-corrected chi connectivity index (χ2v) is 4.60. The Bertz CT molecular complexity index is 628. The minimum atomic E-state index is -0.947. The van der Waals surface area contributed by atoms with Gasteiger partial charge in [-0.15, -0.1) is 0 Å². The molecule has 1 N–H and O–H groups in total. The minimum Gasteiger partial charge on any atom is -0.464 e. The van der Waals surface area contributed by atoms with Gasteiger partial charge in [0.2, 0.25) is 0 Å². The maximum Gasteiger partial charge on any atom is 0.356 e. The molecule has 7 heteroatoms. The molecule has 0 aliphatic rings. The monoisotopic (exact) mass is 330 g/mol. The Labute approximate surface area is 115 Å². The summed E-state index contributed by atoms with van der Waals surface area (Å²) in [6.45, 7) is 0. The first-order valence-corrected chi connectivity index (χ1v) is 6.06. The number of methoxy groups -OCH3 is 1. The molecule has 0 saturated heterocycles. The van der Waals surface area contributed by atoms with Crippen molar-refractivity contribution >= 4 is 21.9 Å². The molecule has 1 heterocycles. The predicted molar refractivity (Wildman–Crippen MR) is 66.8 cm³/mol. The Morgan fingerprint density at radius 3 is 2.84 bits per heavy atom. The lowest BCUT2D eigenvalue weighted by molar-refractivity contribution is 0.0594. The topological polar surface area (TPSA) is 55.0 Å². The van der Waals surface area contributed by atoms with Gasteiger partial charge in [-0.3, -0.25) is 0 Å². The molecule has 100 valence electrons. The van der Waals surface area contributed by atoms with Crippen LogP contribution in [-0.4, -0.2) is 23.0 Å². The number of H-pyrrole nitrogens is 1. The predicted octanol–water partition coefficient (Wildman–Crippen LogP) is 2.83. The molecule has 1 aromatic heterocycles. The number of aromatic nitrogens is 2. The lowest BCUT2D eigenvalue weighted by Gasteiger charge is -2.03. The van der Waals surface area contributed by atoms with Gasteiger partial charge in [-0.25, -0.2) is 18.6 Å². The van der Waals surface area contributed by atoms with Crippen LogP contribution in [0.2, 0.25) is 0 Å². The zero-order chi connectivity index (χ0) is 14.0. The summed E-state index contributed by atoms with van der Waals surface area (Å²) in [6.07, 6.45) is 1.33. The first kappa shape index (κ1) is 13.7. The van der Waals surface area contributed by atoms with Gasteiger partial charge in [0.1, 0.15) is 11.5 Å². The van der Waals surface area contributed by atoms with Gasteiger partial charge in [0.05, 0.1) is 17.8 Å². The molecule has 1 aromatic carbocycles. The molecule has 0 fully saturated rings. The van der Waals surface area contributed by atoms with Crippen LogP contribution in [0, 0.1) is 11.6 Å². The van der Waals surface area contributed by atoms with E-state index in [1.807, 2.05) is 0 Å². The van der Waals surface area contributed by atoms with Crippen LogP contribution in [0.25, 0.3) is 0 Å². The van der Waals surface area contributed by atoms with Gasteiger partial charge >= 0.3 is 5.97 Å². The Morgan fingerprint density at radius 2 is 2.16 bits per heavy atom. The normalized spacial score (nSPS) is 10.5. The summed E-state index contributed by atoms with van der Waals surface area (Å²) < 4.78 is 31.6. The highest BCUT2D eigenvalue weighted by Gasteiger charge is 2.15. The van der Waals surface area contributed by atoms with Crippen molar-refractivity contribution in [2.24, 2.45) is 0 Å². The number of nitrogens with one attached hydrogen (secondary N) is 1. The fraction of sp³-hybridized carbons (Fsp3) is 0.167. The van der Waals surface area contributed by atoms with E-state index < -0.39 is 17.6 Å². The highest BCUT2D eigenvalue weighted by atomic mass is 79.9. The summed E-state index contributed by atoms with van der Waals surface area (Å²) in [7, 11) is 1.24. The van der Waals surface area contributed by atoms with Crippen LogP contribution in [0.1, 0.15) is 21.9 Å². The molecule has 0 spiro atoms. The van der Waals surface area contributed by atoms with Crippen LogP contribution in [0.4, 0.5) is 8.78 Å². The third-order valence-corrected chi connectivity index (χ3v) is 3.12. The number of carbonyl (C=O) groups excluding carboxylic acids is 1. The Morgan fingerprint density at radius 1 is 1.42 bits per heavy atom. The van der Waals surface area contributed by atoms with Gasteiger partial charge in [-0.1, -0.05) is 6.07 Å². The van der Waals surface area contributed by atoms with E-state index in [0.29, 0.717) is 5.82 Å². The average Bonchev–Trinajstić information content (AvgIpc) is 2.87. The maximum atomic E-state index is 13.6. The molecule has 0 aliphatic carbocycles. The molecule has 0 saturated carbocycles. The van der Waals surface area contributed by atoms with Gasteiger partial charge in [-0.2, -0.15) is 0 Å². The highest BCUT2D eigenvalue weighted by Crippen LogP contribution is 2.22. The van der Waals surface area contributed by atoms with Crippen LogP contribution < -0.4 is 0 Å². The number of carbonyl (C=O) groups is 1. The number of hydrogen-bond donors (Lipinski definition) is 1. The second kappa shape index (κ2) is 5.48. The number of imidazole rings is 1. The largest absolute Gasteiger partial charge is 0.464 e. The number of rotatable bonds is 3. The van der Waals surface area contributed by atoms with Crippen molar-refractivity contribution in [3.8, 4) is 0 Å². The quantitative estimate of drug-likeness (QED) is 0.695. The van der Waals surface area contributed by atoms with E-state index in [0.717, 1.165) is 0 Å². The molecular weight excluding hydrogens is 322 g/mol. The summed E-state index contributed by atoms with van der Waals surface area (Å²) in [5.41, 5.74) is 0.307. The van der Waals surface area contributed by atoms with Crippen molar-refractivity contribution in [1.82, 2.24) is 9.97 Å². The van der Waals surface area contributed by atoms with Crippen molar-refractivity contribution in [2.75, 3.05) is 7.11 Å². The molecule has 19 heavy (non-hydrogen) atoms. The Hall–Kier alpha value is -1.76. The molecule has 0 unspecified atom stereocenters. The van der Waals surface area contributed by atoms with Gasteiger partial charge in [-0.05, 0) is 27.6 Å². The maximum absolute atomic E-state index is 13.6. The van der Waals surface area contributed by atoms with Crippen molar-refractivity contribution in [1.29, 1.82) is 0 Å². The average molecular weight is 331 g/mol. The molecule has 0 radical (unpaired) electrons. The molecule has 0 aliphatic heterocycles. The van der Waals surface area contributed by atoms with Crippen molar-refractivity contribution in [2.45, 2.75) is 6.42 Å². The van der Waals surface area contributed by atoms with E-state index in [1.165, 1.54) is 25.4 Å². The van der Waals surface area contributed by atoms with Crippen LogP contribution in [0.5, 0.6) is 0 Å². The first-order chi connectivity index (χ1) is 9.02. The number of benzene rings is 1. The van der Waals surface area contributed by atoms with Crippen molar-refractivity contribution in [3.05, 3.63) is 51.5 Å². The van der Waals surface area contributed by atoms with Gasteiger partial charge in [0.15, 0.2) is 11.6 Å². The summed E-state index contributed by atoms with van der Waals surface area (Å²) in [6, 6.07) is 2.86. The summed E-state index contributed by atoms with van der Waals surface area (Å²) in [4.78, 5) is 17.8. The van der Waals surface area contributed by atoms with E-state index in [4.69, 9.17) is 0 Å². The SMILES string of the molecule is COC(=O)c1cnc(Cc2ccc(Br)c(F)c2F)[nH]1. The zero-order valence-electron chi connectivity index (χ0n) is 9.84. The molecule has 0 bridgehead atoms. The number of halogens is 3. The van der Waals surface area contributed by atoms with Crippen molar-refractivity contribution in [3.63, 3.8) is 0 Å². The second-order valence-electron chi connectivity index (χ2n) is 3.75. The van der Waals surface area contributed by atoms with E-state index in [2.05, 4.69) is 30.6 Å². The van der Waals surface area contributed by atoms with E-state index in [-0.39, 0.29) is 22.2 Å². The molecule has 4 nitrogen and oxygen atoms in total. The molecule has 0 atom stereocenters. The fourth-order valence-corrected chi connectivity index (χ4v) is 1.86. The van der Waals surface area contributed by atoms with Crippen LogP contribution in [-0.2, 0) is 11.2 Å². The smallest absolute Gasteiger partial charge is 0.356 e. The standard InChI is InChI=1S/C12H9BrF2N2O2/c1-19-12(18)8-5-16-9(17-8)4-6-2-3-7(13)11(15)10(6)14/h2-3,5H,4H2,1H3,(H,16,17). The third kappa shape index (κ3) is 2.81. The molecule has 2 aromatic rings. The van der Waals surface area contributed by atoms with E-state index >= 15 is 0 Å². The third-order valence-electron chi connectivity index (χ3n) is 2.51. The summed E-state index contributed by atoms with van der Waals surface area (Å²) in [5.74, 6) is -2.11. The van der Waals surface area contributed by atoms with E-state index in [9.17, 15) is 13.6 Å². The number of esters is 1. The molecule has 0 amide bonds. The van der Waals surface area contributed by atoms with Gasteiger partial charge in [0, 0.05) is 6.42 Å². The van der Waals surface area contributed by atoms with Gasteiger partial charge < -0.3 is 9.72 Å². The van der Waals surface area contributed by atoms with E-state index in [1.54, 1.807) is 0 Å². The summed E-state index contributed by atoms with van der Waals surface area (Å²) >= 11 is 2.90. The van der Waals surface area contributed by atoms with Gasteiger partial charge in [0.25, 0.3) is 0 Å². The zero-order valence-corrected chi connectivity index (χ0v) is 11.4. The number of ether oxygens (including phenoxy) is 1. The van der Waals surface area contributed by atoms with Crippen LogP contribution >= 0.6 is 15.9 Å². The Balaban J connectivity index is 2.24. The molecular formula is C12H9BrF2N2O2. The Kier molecular flexibility index (Phi) is 3.94. The number of aromatic amines is 1. The lowest BCUT2D eigenvalue weighted by Crippen LogP contribution is -2.02. The number of hydrogen-bond acceptors (Lipinski definition) is 3. The number of nitrogens with zero attached hydrogens (tertiary/aromatic N) is 1. The summed E-state index contributed by atoms with van der Waals surface area (Å²) in [5, 5.41) is 0. The van der Waals surface area contributed by atoms with Crippen molar-refractivity contribution < 1.29 is 18.3 Å². The molecule has 2 rings (SSSR count). The first-order valence-electron chi connectivity index (χ1n) is 5.27. The highest BCUT2D eigenvalue weighted by molar-refractivity contribution is 9.10. The fourth-order valence-electron chi connectivity index (χ4n) is 1.55. The lowest BCUT2D eigenvalue weighted by atomic mass is 10.1. The van der Waals surface area contributed by atoms with Crippen LogP contribution in [0.15, 0.2) is 22.8 Å².